The number of carbonyl (C=O) groups is 2. The van der Waals surface area contributed by atoms with Crippen molar-refractivity contribution in [3.05, 3.63) is 90.9 Å². The third kappa shape index (κ3) is 5.24. The van der Waals surface area contributed by atoms with E-state index in [9.17, 15) is 28.5 Å². The number of hydrogen-bond acceptors (Lipinski definition) is 5. The molecular formula is C22H15Cl2F2N3O5. The van der Waals surface area contributed by atoms with Crippen molar-refractivity contribution in [1.82, 2.24) is 5.32 Å². The predicted molar refractivity (Wildman–Crippen MR) is 122 cm³/mol. The van der Waals surface area contributed by atoms with E-state index < -0.39 is 34.1 Å². The minimum atomic E-state index is -1.26. The first-order chi connectivity index (χ1) is 16.0. The van der Waals surface area contributed by atoms with E-state index in [1.54, 1.807) is 13.8 Å². The standard InChI is InChI=1S/C22H15Cl2F2N3O5/c1-10-8-16(27-22(31)28-21(30)18-14(25)4-3-5-15(18)26)11(2)19(24)20(10)34-17-7-6-12(29(32)33)9-13(17)23/h3-9H,1-2H3,(H2,27,28,30,31). The normalized spacial score (nSPS) is 10.5. The highest BCUT2D eigenvalue weighted by Gasteiger charge is 2.21. The molecule has 176 valence electrons. The number of anilines is 1. The van der Waals surface area contributed by atoms with Crippen LogP contribution in [0.5, 0.6) is 11.5 Å². The second-order valence-corrected chi connectivity index (χ2v) is 7.77. The van der Waals surface area contributed by atoms with Crippen LogP contribution >= 0.6 is 23.2 Å². The van der Waals surface area contributed by atoms with Gasteiger partial charge in [-0.2, -0.15) is 0 Å². The molecular weight excluding hydrogens is 495 g/mol. The van der Waals surface area contributed by atoms with Crippen LogP contribution in [0.1, 0.15) is 21.5 Å². The average molecular weight is 510 g/mol. The van der Waals surface area contributed by atoms with Gasteiger partial charge in [0.15, 0.2) is 0 Å². The summed E-state index contributed by atoms with van der Waals surface area (Å²) in [7, 11) is 0. The fraction of sp³-hybridized carbons (Fsp3) is 0.0909. The number of non-ortho nitro benzene ring substituents is 1. The smallest absolute Gasteiger partial charge is 0.326 e. The number of imide groups is 1. The number of nitro benzene ring substituents is 1. The Balaban J connectivity index is 1.80. The number of amides is 3. The van der Waals surface area contributed by atoms with Crippen LogP contribution in [0, 0.1) is 35.6 Å². The number of rotatable bonds is 5. The molecule has 3 aromatic carbocycles. The number of halogens is 4. The monoisotopic (exact) mass is 509 g/mol. The van der Waals surface area contributed by atoms with Gasteiger partial charge in [-0.25, -0.2) is 13.6 Å². The molecule has 0 fully saturated rings. The number of nitro groups is 1. The van der Waals surface area contributed by atoms with E-state index in [1.165, 1.54) is 18.2 Å². The Bertz CT molecular complexity index is 1310. The third-order valence-corrected chi connectivity index (χ3v) is 5.41. The fourth-order valence-electron chi connectivity index (χ4n) is 2.94. The van der Waals surface area contributed by atoms with Crippen LogP contribution in [0.3, 0.4) is 0 Å². The van der Waals surface area contributed by atoms with E-state index in [0.29, 0.717) is 11.1 Å². The molecule has 0 saturated heterocycles. The largest absolute Gasteiger partial charge is 0.454 e. The Morgan fingerprint density at radius 2 is 1.71 bits per heavy atom. The van der Waals surface area contributed by atoms with Crippen molar-refractivity contribution in [2.45, 2.75) is 13.8 Å². The van der Waals surface area contributed by atoms with Gasteiger partial charge in [-0.15, -0.1) is 0 Å². The van der Waals surface area contributed by atoms with Gasteiger partial charge >= 0.3 is 6.03 Å². The van der Waals surface area contributed by atoms with Gasteiger partial charge in [0.1, 0.15) is 28.7 Å². The molecule has 0 heterocycles. The number of urea groups is 1. The Labute approximate surface area is 201 Å². The summed E-state index contributed by atoms with van der Waals surface area (Å²) in [5, 5.41) is 15.2. The lowest BCUT2D eigenvalue weighted by atomic mass is 10.1. The number of aryl methyl sites for hydroxylation is 1. The van der Waals surface area contributed by atoms with E-state index in [0.717, 1.165) is 24.3 Å². The highest BCUT2D eigenvalue weighted by Crippen LogP contribution is 2.41. The molecule has 3 aromatic rings. The summed E-state index contributed by atoms with van der Waals surface area (Å²) in [6.45, 7) is 3.17. The second kappa shape index (κ2) is 10.0. The number of nitrogens with zero attached hydrogens (tertiary/aromatic N) is 1. The molecule has 0 spiro atoms. The molecule has 34 heavy (non-hydrogen) atoms. The molecule has 3 amide bonds. The van der Waals surface area contributed by atoms with Gasteiger partial charge in [-0.3, -0.25) is 20.2 Å². The van der Waals surface area contributed by atoms with Gasteiger partial charge in [0.25, 0.3) is 11.6 Å². The lowest BCUT2D eigenvalue weighted by Gasteiger charge is -2.17. The zero-order chi connectivity index (χ0) is 25.2. The average Bonchev–Trinajstić information content (AvgIpc) is 2.75. The number of nitrogens with one attached hydrogen (secondary N) is 2. The van der Waals surface area contributed by atoms with Crippen molar-refractivity contribution in [1.29, 1.82) is 0 Å². The summed E-state index contributed by atoms with van der Waals surface area (Å²) in [5.41, 5.74) is -0.116. The SMILES string of the molecule is Cc1cc(NC(=O)NC(=O)c2c(F)cccc2F)c(C)c(Cl)c1Oc1ccc([N+](=O)[O-])cc1Cl. The summed E-state index contributed by atoms with van der Waals surface area (Å²) in [6.07, 6.45) is 0. The molecule has 0 aliphatic rings. The van der Waals surface area contributed by atoms with Crippen molar-refractivity contribution >= 4 is 46.5 Å². The predicted octanol–water partition coefficient (Wildman–Crippen LogP) is 6.55. The van der Waals surface area contributed by atoms with Crippen LogP contribution < -0.4 is 15.4 Å². The molecule has 0 atom stereocenters. The molecule has 0 aromatic heterocycles. The zero-order valence-electron chi connectivity index (χ0n) is 17.5. The van der Waals surface area contributed by atoms with Gasteiger partial charge in [-0.05, 0) is 49.2 Å². The van der Waals surface area contributed by atoms with Crippen molar-refractivity contribution in [2.75, 3.05) is 5.32 Å². The fourth-order valence-corrected chi connectivity index (χ4v) is 3.44. The summed E-state index contributed by atoms with van der Waals surface area (Å²) in [5.74, 6) is -3.20. The molecule has 8 nitrogen and oxygen atoms in total. The van der Waals surface area contributed by atoms with Crippen LogP contribution in [0.4, 0.5) is 25.0 Å². The Hall–Kier alpha value is -3.76. The quantitative estimate of drug-likeness (QED) is 0.299. The number of benzene rings is 3. The van der Waals surface area contributed by atoms with Gasteiger partial charge < -0.3 is 10.1 Å². The van der Waals surface area contributed by atoms with Crippen molar-refractivity contribution in [3.8, 4) is 11.5 Å². The zero-order valence-corrected chi connectivity index (χ0v) is 19.1. The Morgan fingerprint density at radius 3 is 2.29 bits per heavy atom. The summed E-state index contributed by atoms with van der Waals surface area (Å²) in [4.78, 5) is 34.6. The maximum Gasteiger partial charge on any atom is 0.326 e. The summed E-state index contributed by atoms with van der Waals surface area (Å²) < 4.78 is 33.3. The number of hydrogen-bond donors (Lipinski definition) is 2. The van der Waals surface area contributed by atoms with E-state index >= 15 is 0 Å². The van der Waals surface area contributed by atoms with Gasteiger partial charge in [-0.1, -0.05) is 29.3 Å². The molecule has 0 bridgehead atoms. The van der Waals surface area contributed by atoms with Crippen LogP contribution in [0.2, 0.25) is 10.0 Å². The molecule has 12 heteroatoms. The first-order valence-electron chi connectivity index (χ1n) is 9.47. The Kier molecular flexibility index (Phi) is 7.33. The van der Waals surface area contributed by atoms with Crippen molar-refractivity contribution < 1.29 is 28.0 Å². The van der Waals surface area contributed by atoms with Crippen molar-refractivity contribution in [2.24, 2.45) is 0 Å². The minimum Gasteiger partial charge on any atom is -0.454 e. The summed E-state index contributed by atoms with van der Waals surface area (Å²) >= 11 is 12.5. The minimum absolute atomic E-state index is 0.0113. The topological polar surface area (TPSA) is 111 Å². The van der Waals surface area contributed by atoms with Crippen LogP contribution in [0.25, 0.3) is 0 Å². The lowest BCUT2D eigenvalue weighted by molar-refractivity contribution is -0.384. The lowest BCUT2D eigenvalue weighted by Crippen LogP contribution is -2.35. The van der Waals surface area contributed by atoms with E-state index in [1.807, 2.05) is 5.32 Å². The van der Waals surface area contributed by atoms with Gasteiger partial charge in [0.2, 0.25) is 0 Å². The van der Waals surface area contributed by atoms with Gasteiger partial charge in [0, 0.05) is 17.8 Å². The molecule has 0 saturated carbocycles. The van der Waals surface area contributed by atoms with Crippen LogP contribution in [-0.2, 0) is 0 Å². The highest BCUT2D eigenvalue weighted by molar-refractivity contribution is 6.34. The molecule has 2 N–H and O–H groups in total. The maximum atomic E-state index is 13.8. The van der Waals surface area contributed by atoms with E-state index in [-0.39, 0.29) is 32.9 Å². The van der Waals surface area contributed by atoms with Crippen LogP contribution in [-0.4, -0.2) is 16.9 Å². The Morgan fingerprint density at radius 1 is 1.06 bits per heavy atom. The molecule has 0 aliphatic heterocycles. The maximum absolute atomic E-state index is 13.8. The number of carbonyl (C=O) groups excluding carboxylic acids is 2. The van der Waals surface area contributed by atoms with Gasteiger partial charge in [0.05, 0.1) is 15.0 Å². The van der Waals surface area contributed by atoms with Crippen molar-refractivity contribution in [3.63, 3.8) is 0 Å². The second-order valence-electron chi connectivity index (χ2n) is 6.99. The molecule has 0 unspecified atom stereocenters. The van der Waals surface area contributed by atoms with E-state index in [4.69, 9.17) is 27.9 Å². The molecule has 3 rings (SSSR count). The molecule has 0 radical (unpaired) electrons. The first kappa shape index (κ1) is 24.9. The van der Waals surface area contributed by atoms with E-state index in [2.05, 4.69) is 5.32 Å². The molecule has 0 aliphatic carbocycles. The van der Waals surface area contributed by atoms with Crippen LogP contribution in [0.15, 0.2) is 42.5 Å². The number of ether oxygens (including phenoxy) is 1. The summed E-state index contributed by atoms with van der Waals surface area (Å²) in [6, 6.07) is 6.97. The first-order valence-corrected chi connectivity index (χ1v) is 10.2. The highest BCUT2D eigenvalue weighted by atomic mass is 35.5. The third-order valence-electron chi connectivity index (χ3n) is 4.65.